The lowest BCUT2D eigenvalue weighted by Gasteiger charge is -2.38. The van der Waals surface area contributed by atoms with Gasteiger partial charge in [-0.3, -0.25) is 0 Å². The van der Waals surface area contributed by atoms with Gasteiger partial charge in [-0.2, -0.15) is 0 Å². The first-order chi connectivity index (χ1) is 9.74. The van der Waals surface area contributed by atoms with Crippen LogP contribution in [0, 0.1) is 5.41 Å². The Hall–Kier alpha value is -0.380. The van der Waals surface area contributed by atoms with Crippen molar-refractivity contribution in [3.8, 4) is 0 Å². The summed E-state index contributed by atoms with van der Waals surface area (Å²) in [5.41, 5.74) is 1.91. The normalized spacial score (nSPS) is 18.1. The van der Waals surface area contributed by atoms with E-state index in [1.165, 1.54) is 44.1 Å². The topological polar surface area (TPSA) is 21.3 Å². The molecule has 2 rings (SSSR count). The second-order valence-electron chi connectivity index (χ2n) is 6.03. The summed E-state index contributed by atoms with van der Waals surface area (Å²) in [6.45, 7) is 2.87. The van der Waals surface area contributed by atoms with Gasteiger partial charge in [-0.15, -0.1) is 0 Å². The van der Waals surface area contributed by atoms with Crippen LogP contribution in [0.4, 0.5) is 0 Å². The molecule has 0 saturated heterocycles. The van der Waals surface area contributed by atoms with Crippen LogP contribution in [0.25, 0.3) is 0 Å². The summed E-state index contributed by atoms with van der Waals surface area (Å²) in [6, 6.07) is 8.83. The zero-order valence-electron chi connectivity index (χ0n) is 12.5. The average Bonchev–Trinajstić information content (AvgIpc) is 2.47. The van der Waals surface area contributed by atoms with Gasteiger partial charge in [-0.25, -0.2) is 0 Å². The standard InChI is InChI=1S/C17H26BrNO/c1-20-12-11-19-14-17(9-3-2-4-10-17)13-15-5-7-16(18)8-6-15/h5-8,19H,2-4,9-14H2,1H3. The highest BCUT2D eigenvalue weighted by Crippen LogP contribution is 2.38. The Morgan fingerprint density at radius 1 is 1.15 bits per heavy atom. The highest BCUT2D eigenvalue weighted by Gasteiger charge is 2.31. The molecule has 112 valence electrons. The van der Waals surface area contributed by atoms with E-state index in [1.54, 1.807) is 7.11 Å². The number of hydrogen-bond donors (Lipinski definition) is 1. The number of nitrogens with one attached hydrogen (secondary N) is 1. The van der Waals surface area contributed by atoms with Gasteiger partial charge in [0, 0.05) is 24.7 Å². The van der Waals surface area contributed by atoms with Crippen LogP contribution >= 0.6 is 15.9 Å². The summed E-state index contributed by atoms with van der Waals surface area (Å²) in [5.74, 6) is 0. The molecule has 1 aliphatic carbocycles. The first kappa shape index (κ1) is 16.0. The molecule has 0 amide bonds. The molecule has 0 spiro atoms. The zero-order valence-corrected chi connectivity index (χ0v) is 14.0. The minimum Gasteiger partial charge on any atom is -0.383 e. The number of halogens is 1. The van der Waals surface area contributed by atoms with Crippen molar-refractivity contribution in [1.29, 1.82) is 0 Å². The molecule has 0 aliphatic heterocycles. The first-order valence-electron chi connectivity index (χ1n) is 7.68. The largest absolute Gasteiger partial charge is 0.383 e. The average molecular weight is 340 g/mol. The number of ether oxygens (including phenoxy) is 1. The van der Waals surface area contributed by atoms with Gasteiger partial charge in [0.25, 0.3) is 0 Å². The van der Waals surface area contributed by atoms with Crippen molar-refractivity contribution in [1.82, 2.24) is 5.32 Å². The molecule has 3 heteroatoms. The minimum absolute atomic E-state index is 0.444. The fourth-order valence-corrected chi connectivity index (χ4v) is 3.55. The van der Waals surface area contributed by atoms with Crippen LogP contribution < -0.4 is 5.32 Å². The third kappa shape index (κ3) is 4.87. The van der Waals surface area contributed by atoms with Gasteiger partial charge in [-0.05, 0) is 42.4 Å². The van der Waals surface area contributed by atoms with E-state index < -0.39 is 0 Å². The summed E-state index contributed by atoms with van der Waals surface area (Å²) >= 11 is 3.52. The van der Waals surface area contributed by atoms with Crippen LogP contribution in [0.2, 0.25) is 0 Å². The zero-order chi connectivity index (χ0) is 14.3. The van der Waals surface area contributed by atoms with E-state index in [2.05, 4.69) is 45.5 Å². The number of hydrogen-bond acceptors (Lipinski definition) is 2. The molecule has 1 aliphatic rings. The Labute approximate surface area is 131 Å². The lowest BCUT2D eigenvalue weighted by atomic mass is 9.70. The van der Waals surface area contributed by atoms with Crippen molar-refractivity contribution in [2.75, 3.05) is 26.8 Å². The van der Waals surface area contributed by atoms with E-state index in [9.17, 15) is 0 Å². The molecule has 1 fully saturated rings. The molecule has 0 heterocycles. The van der Waals surface area contributed by atoms with Crippen molar-refractivity contribution in [2.45, 2.75) is 38.5 Å². The lowest BCUT2D eigenvalue weighted by Crippen LogP contribution is -2.39. The molecule has 1 aromatic rings. The quantitative estimate of drug-likeness (QED) is 0.752. The predicted molar refractivity (Wildman–Crippen MR) is 88.1 cm³/mol. The third-order valence-corrected chi connectivity index (χ3v) is 4.92. The lowest BCUT2D eigenvalue weighted by molar-refractivity contribution is 0.162. The van der Waals surface area contributed by atoms with Crippen LogP contribution in [0.1, 0.15) is 37.7 Å². The molecular weight excluding hydrogens is 314 g/mol. The SMILES string of the molecule is COCCNCC1(Cc2ccc(Br)cc2)CCCCC1. The van der Waals surface area contributed by atoms with E-state index in [1.807, 2.05) is 0 Å². The molecule has 0 bridgehead atoms. The van der Waals surface area contributed by atoms with Gasteiger partial charge < -0.3 is 10.1 Å². The number of methoxy groups -OCH3 is 1. The first-order valence-corrected chi connectivity index (χ1v) is 8.48. The predicted octanol–water partition coefficient (Wildman–Crippen LogP) is 4.18. The summed E-state index contributed by atoms with van der Waals surface area (Å²) in [7, 11) is 1.76. The highest BCUT2D eigenvalue weighted by molar-refractivity contribution is 9.10. The second-order valence-corrected chi connectivity index (χ2v) is 6.95. The Balaban J connectivity index is 1.96. The van der Waals surface area contributed by atoms with E-state index in [4.69, 9.17) is 4.74 Å². The van der Waals surface area contributed by atoms with Gasteiger partial charge in [0.1, 0.15) is 0 Å². The van der Waals surface area contributed by atoms with Gasteiger partial charge >= 0.3 is 0 Å². The summed E-state index contributed by atoms with van der Waals surface area (Å²) in [6.07, 6.45) is 8.05. The van der Waals surface area contributed by atoms with E-state index >= 15 is 0 Å². The van der Waals surface area contributed by atoms with Crippen LogP contribution in [0.3, 0.4) is 0 Å². The van der Waals surface area contributed by atoms with Crippen LogP contribution in [0.15, 0.2) is 28.7 Å². The molecule has 0 aromatic heterocycles. The van der Waals surface area contributed by atoms with Gasteiger partial charge in [0.2, 0.25) is 0 Å². The molecule has 20 heavy (non-hydrogen) atoms. The van der Waals surface area contributed by atoms with Crippen molar-refractivity contribution < 1.29 is 4.74 Å². The van der Waals surface area contributed by atoms with Crippen molar-refractivity contribution in [3.63, 3.8) is 0 Å². The van der Waals surface area contributed by atoms with Crippen molar-refractivity contribution in [3.05, 3.63) is 34.3 Å². The molecule has 0 unspecified atom stereocenters. The summed E-state index contributed by atoms with van der Waals surface area (Å²) < 4.78 is 6.29. The van der Waals surface area contributed by atoms with Crippen molar-refractivity contribution >= 4 is 15.9 Å². The van der Waals surface area contributed by atoms with Crippen LogP contribution in [-0.4, -0.2) is 26.8 Å². The maximum atomic E-state index is 5.13. The Kier molecular flexibility index (Phi) is 6.53. The fourth-order valence-electron chi connectivity index (χ4n) is 3.28. The molecule has 2 nitrogen and oxygen atoms in total. The molecule has 1 aromatic carbocycles. The Morgan fingerprint density at radius 3 is 2.50 bits per heavy atom. The van der Waals surface area contributed by atoms with E-state index in [-0.39, 0.29) is 0 Å². The van der Waals surface area contributed by atoms with E-state index in [0.717, 1.165) is 24.2 Å². The van der Waals surface area contributed by atoms with Crippen molar-refractivity contribution in [2.24, 2.45) is 5.41 Å². The van der Waals surface area contributed by atoms with Crippen LogP contribution in [-0.2, 0) is 11.2 Å². The minimum atomic E-state index is 0.444. The molecule has 1 N–H and O–H groups in total. The van der Waals surface area contributed by atoms with E-state index in [0.29, 0.717) is 5.41 Å². The molecule has 0 radical (unpaired) electrons. The van der Waals surface area contributed by atoms with Crippen LogP contribution in [0.5, 0.6) is 0 Å². The number of benzene rings is 1. The maximum Gasteiger partial charge on any atom is 0.0587 e. The molecular formula is C17H26BrNO. The Morgan fingerprint density at radius 2 is 1.85 bits per heavy atom. The van der Waals surface area contributed by atoms with Gasteiger partial charge in [0.05, 0.1) is 6.61 Å². The second kappa shape index (κ2) is 8.16. The summed E-state index contributed by atoms with van der Waals surface area (Å²) in [5, 5.41) is 3.59. The van der Waals surface area contributed by atoms with Gasteiger partial charge in [0.15, 0.2) is 0 Å². The smallest absolute Gasteiger partial charge is 0.0587 e. The molecule has 0 atom stereocenters. The van der Waals surface area contributed by atoms with Gasteiger partial charge in [-0.1, -0.05) is 47.3 Å². The summed E-state index contributed by atoms with van der Waals surface area (Å²) in [4.78, 5) is 0. The number of rotatable bonds is 7. The molecule has 1 saturated carbocycles. The maximum absolute atomic E-state index is 5.13. The third-order valence-electron chi connectivity index (χ3n) is 4.39. The highest BCUT2D eigenvalue weighted by atomic mass is 79.9. The Bertz CT molecular complexity index is 384. The monoisotopic (exact) mass is 339 g/mol. The fraction of sp³-hybridized carbons (Fsp3) is 0.647.